The van der Waals surface area contributed by atoms with Crippen molar-refractivity contribution in [1.82, 2.24) is 15.1 Å². The summed E-state index contributed by atoms with van der Waals surface area (Å²) in [6, 6.07) is 5.05. The number of carboxylic acids is 1. The van der Waals surface area contributed by atoms with E-state index in [4.69, 9.17) is 4.74 Å². The van der Waals surface area contributed by atoms with E-state index < -0.39 is 23.7 Å². The van der Waals surface area contributed by atoms with E-state index in [0.717, 1.165) is 6.42 Å². The molecule has 0 saturated carbocycles. The van der Waals surface area contributed by atoms with Gasteiger partial charge in [-0.1, -0.05) is 12.1 Å². The minimum Gasteiger partial charge on any atom is -0.480 e. The third-order valence-corrected chi connectivity index (χ3v) is 4.55. The first-order chi connectivity index (χ1) is 12.5. The summed E-state index contributed by atoms with van der Waals surface area (Å²) in [5.74, 6) is -2.41. The highest BCUT2D eigenvalue weighted by Crippen LogP contribution is 2.20. The van der Waals surface area contributed by atoms with Crippen LogP contribution in [0.15, 0.2) is 30.5 Å². The molecule has 1 fully saturated rings. The average Bonchev–Trinajstić information content (AvgIpc) is 3.02. The summed E-state index contributed by atoms with van der Waals surface area (Å²) in [6.07, 6.45) is 2.74. The molecule has 1 saturated heterocycles. The maximum absolute atomic E-state index is 14.0. The van der Waals surface area contributed by atoms with Gasteiger partial charge in [0, 0.05) is 12.5 Å². The molecule has 26 heavy (non-hydrogen) atoms. The third kappa shape index (κ3) is 3.60. The quantitative estimate of drug-likeness (QED) is 0.849. The zero-order valence-electron chi connectivity index (χ0n) is 14.3. The molecule has 2 atom stereocenters. The summed E-state index contributed by atoms with van der Waals surface area (Å²) in [5.41, 5.74) is 0.854. The zero-order valence-corrected chi connectivity index (χ0v) is 14.3. The van der Waals surface area contributed by atoms with Crippen LogP contribution in [0.5, 0.6) is 0 Å². The number of amides is 1. The molecule has 1 amide bonds. The van der Waals surface area contributed by atoms with Gasteiger partial charge < -0.3 is 15.2 Å². The van der Waals surface area contributed by atoms with Gasteiger partial charge in [0.2, 0.25) is 0 Å². The average molecular weight is 361 g/mol. The molecule has 2 heterocycles. The number of nitrogens with zero attached hydrogens (tertiary/aromatic N) is 2. The molecule has 3 rings (SSSR count). The fraction of sp³-hybridized carbons (Fsp3) is 0.389. The predicted molar refractivity (Wildman–Crippen MR) is 90.7 cm³/mol. The Morgan fingerprint density at radius 3 is 2.85 bits per heavy atom. The Labute approximate surface area is 149 Å². The molecule has 0 bridgehead atoms. The van der Waals surface area contributed by atoms with Crippen LogP contribution in [0.3, 0.4) is 0 Å². The normalized spacial score (nSPS) is 18.3. The number of carboxylic acid groups (broad SMARTS) is 1. The smallest absolute Gasteiger partial charge is 0.326 e. The van der Waals surface area contributed by atoms with Crippen molar-refractivity contribution < 1.29 is 23.8 Å². The fourth-order valence-corrected chi connectivity index (χ4v) is 3.13. The Morgan fingerprint density at radius 2 is 2.19 bits per heavy atom. The molecule has 2 unspecified atom stereocenters. The van der Waals surface area contributed by atoms with Crippen LogP contribution in [0.1, 0.15) is 28.9 Å². The second-order valence-electron chi connectivity index (χ2n) is 6.27. The number of carbonyl (C=O) groups is 2. The van der Waals surface area contributed by atoms with Gasteiger partial charge in [0.05, 0.1) is 24.1 Å². The van der Waals surface area contributed by atoms with Crippen molar-refractivity contribution in [2.75, 3.05) is 13.2 Å². The van der Waals surface area contributed by atoms with Crippen LogP contribution < -0.4 is 5.32 Å². The van der Waals surface area contributed by atoms with Crippen molar-refractivity contribution in [3.63, 3.8) is 0 Å². The summed E-state index contributed by atoms with van der Waals surface area (Å²) in [7, 11) is 0. The van der Waals surface area contributed by atoms with Crippen LogP contribution in [0.2, 0.25) is 0 Å². The highest BCUT2D eigenvalue weighted by atomic mass is 19.1. The second-order valence-corrected chi connectivity index (χ2v) is 6.27. The molecule has 7 nitrogen and oxygen atoms in total. The van der Waals surface area contributed by atoms with E-state index in [0.29, 0.717) is 25.3 Å². The van der Waals surface area contributed by atoms with Gasteiger partial charge in [0.15, 0.2) is 0 Å². The van der Waals surface area contributed by atoms with Crippen LogP contribution in [0, 0.1) is 18.7 Å². The van der Waals surface area contributed by atoms with Gasteiger partial charge in [0.1, 0.15) is 17.5 Å². The molecular weight excluding hydrogens is 341 g/mol. The second kappa shape index (κ2) is 7.65. The molecule has 1 aromatic carbocycles. The van der Waals surface area contributed by atoms with Crippen LogP contribution in [-0.4, -0.2) is 46.0 Å². The van der Waals surface area contributed by atoms with E-state index in [2.05, 4.69) is 10.4 Å². The molecular formula is C18H20FN3O4. The first-order valence-electron chi connectivity index (χ1n) is 8.40. The fourth-order valence-electron chi connectivity index (χ4n) is 3.13. The number of para-hydroxylation sites is 1. The number of aliphatic carboxylic acids is 1. The summed E-state index contributed by atoms with van der Waals surface area (Å²) in [6.45, 7) is 2.53. The summed E-state index contributed by atoms with van der Waals surface area (Å²) in [4.78, 5) is 24.2. The number of nitrogens with one attached hydrogen (secondary N) is 1. The lowest BCUT2D eigenvalue weighted by molar-refractivity contribution is -0.142. The Kier molecular flexibility index (Phi) is 5.32. The highest BCUT2D eigenvalue weighted by Gasteiger charge is 2.32. The molecule has 1 aliphatic heterocycles. The largest absolute Gasteiger partial charge is 0.480 e. The molecule has 2 N–H and O–H groups in total. The lowest BCUT2D eigenvalue weighted by Gasteiger charge is -2.28. The van der Waals surface area contributed by atoms with Gasteiger partial charge in [-0.2, -0.15) is 5.10 Å². The zero-order chi connectivity index (χ0) is 18.7. The first kappa shape index (κ1) is 18.1. The van der Waals surface area contributed by atoms with Gasteiger partial charge in [-0.3, -0.25) is 4.79 Å². The maximum Gasteiger partial charge on any atom is 0.326 e. The number of aromatic nitrogens is 2. The lowest BCUT2D eigenvalue weighted by atomic mass is 9.93. The first-order valence-corrected chi connectivity index (χ1v) is 8.40. The SMILES string of the molecule is Cc1c(C(=O)NC(C(=O)O)C2CCCOC2)cnn1-c1ccccc1F. The molecule has 0 aliphatic carbocycles. The summed E-state index contributed by atoms with van der Waals surface area (Å²) >= 11 is 0. The number of hydrogen-bond acceptors (Lipinski definition) is 4. The van der Waals surface area contributed by atoms with E-state index in [1.54, 1.807) is 25.1 Å². The molecule has 1 aromatic heterocycles. The van der Waals surface area contributed by atoms with Gasteiger partial charge in [-0.25, -0.2) is 13.9 Å². The Hall–Kier alpha value is -2.74. The minimum atomic E-state index is -1.10. The van der Waals surface area contributed by atoms with E-state index in [-0.39, 0.29) is 17.2 Å². The lowest BCUT2D eigenvalue weighted by Crippen LogP contribution is -2.48. The maximum atomic E-state index is 14.0. The number of benzene rings is 1. The Balaban J connectivity index is 1.81. The molecule has 138 valence electrons. The third-order valence-electron chi connectivity index (χ3n) is 4.55. The van der Waals surface area contributed by atoms with Crippen LogP contribution in [0.25, 0.3) is 5.69 Å². The Bertz CT molecular complexity index is 815. The van der Waals surface area contributed by atoms with E-state index in [9.17, 15) is 19.1 Å². The number of carbonyl (C=O) groups excluding carboxylic acids is 1. The Morgan fingerprint density at radius 1 is 1.42 bits per heavy atom. The van der Waals surface area contributed by atoms with E-state index in [1.807, 2.05) is 0 Å². The number of rotatable bonds is 5. The van der Waals surface area contributed by atoms with Crippen molar-refractivity contribution in [2.24, 2.45) is 5.92 Å². The van der Waals surface area contributed by atoms with E-state index in [1.165, 1.54) is 16.9 Å². The van der Waals surface area contributed by atoms with Gasteiger partial charge >= 0.3 is 5.97 Å². The molecule has 8 heteroatoms. The molecule has 0 spiro atoms. The monoisotopic (exact) mass is 361 g/mol. The van der Waals surface area contributed by atoms with Crippen molar-refractivity contribution in [3.05, 3.63) is 47.5 Å². The molecule has 1 aliphatic rings. The highest BCUT2D eigenvalue weighted by molar-refractivity contribution is 5.97. The topological polar surface area (TPSA) is 93.5 Å². The van der Waals surface area contributed by atoms with Crippen molar-refractivity contribution in [1.29, 1.82) is 0 Å². The van der Waals surface area contributed by atoms with Crippen LogP contribution in [-0.2, 0) is 9.53 Å². The van der Waals surface area contributed by atoms with Crippen molar-refractivity contribution in [2.45, 2.75) is 25.8 Å². The van der Waals surface area contributed by atoms with Gasteiger partial charge in [-0.15, -0.1) is 0 Å². The number of halogens is 1. The minimum absolute atomic E-state index is 0.205. The standard InChI is InChI=1S/C18H20FN3O4/c1-11-13(9-20-22(11)15-7-3-2-6-14(15)19)17(23)21-16(18(24)25)12-5-4-8-26-10-12/h2-3,6-7,9,12,16H,4-5,8,10H2,1H3,(H,21,23)(H,24,25). The summed E-state index contributed by atoms with van der Waals surface area (Å²) in [5, 5.41) is 16.1. The van der Waals surface area contributed by atoms with Gasteiger partial charge in [0.25, 0.3) is 5.91 Å². The predicted octanol–water partition coefficient (Wildman–Crippen LogP) is 1.93. The van der Waals surface area contributed by atoms with Crippen molar-refractivity contribution >= 4 is 11.9 Å². The molecule has 0 radical (unpaired) electrons. The number of ether oxygens (including phenoxy) is 1. The van der Waals surface area contributed by atoms with E-state index >= 15 is 0 Å². The molecule has 2 aromatic rings. The number of hydrogen-bond donors (Lipinski definition) is 2. The summed E-state index contributed by atoms with van der Waals surface area (Å²) < 4.78 is 20.6. The van der Waals surface area contributed by atoms with Crippen LogP contribution in [0.4, 0.5) is 4.39 Å². The van der Waals surface area contributed by atoms with Crippen molar-refractivity contribution in [3.8, 4) is 5.69 Å². The van der Waals surface area contributed by atoms with Gasteiger partial charge in [-0.05, 0) is 31.9 Å². The van der Waals surface area contributed by atoms with Crippen LogP contribution >= 0.6 is 0 Å².